The number of thiazole rings is 1. The molecule has 1 aromatic heterocycles. The van der Waals surface area contributed by atoms with E-state index in [9.17, 15) is 10.1 Å². The first-order chi connectivity index (χ1) is 10.6. The third-order valence-electron chi connectivity index (χ3n) is 2.92. The first-order valence-corrected chi connectivity index (χ1v) is 8.01. The van der Waals surface area contributed by atoms with E-state index in [4.69, 9.17) is 5.73 Å². The average molecular weight is 329 g/mol. The molecule has 3 rings (SSSR count). The van der Waals surface area contributed by atoms with E-state index >= 15 is 0 Å². The van der Waals surface area contributed by atoms with Crippen molar-refractivity contribution in [2.24, 2.45) is 0 Å². The number of benzene rings is 2. The smallest absolute Gasteiger partial charge is 0.269 e. The predicted octanol–water partition coefficient (Wildman–Crippen LogP) is 4.45. The third-order valence-corrected chi connectivity index (χ3v) is 4.98. The fourth-order valence-corrected chi connectivity index (χ4v) is 3.96. The van der Waals surface area contributed by atoms with Crippen LogP contribution in [0.15, 0.2) is 63.7 Å². The summed E-state index contributed by atoms with van der Waals surface area (Å²) in [5, 5.41) is 11.2. The van der Waals surface area contributed by atoms with E-state index in [-0.39, 0.29) is 5.69 Å². The number of aromatic nitrogens is 1. The number of non-ortho nitro benzene ring substituents is 1. The highest BCUT2D eigenvalue weighted by atomic mass is 32.2. The van der Waals surface area contributed by atoms with Crippen LogP contribution in [0, 0.1) is 10.1 Å². The SMILES string of the molecule is Nc1nc(-c2ccccc2)c(Sc2ccc([N+](=O)[O-])cc2)s1. The third kappa shape index (κ3) is 3.10. The highest BCUT2D eigenvalue weighted by Crippen LogP contribution is 2.41. The maximum Gasteiger partial charge on any atom is 0.269 e. The summed E-state index contributed by atoms with van der Waals surface area (Å²) in [6.07, 6.45) is 0. The summed E-state index contributed by atoms with van der Waals surface area (Å²) < 4.78 is 0.970. The number of hydrogen-bond donors (Lipinski definition) is 1. The van der Waals surface area contributed by atoms with Crippen molar-refractivity contribution in [1.82, 2.24) is 4.98 Å². The molecule has 1 heterocycles. The molecule has 0 aliphatic heterocycles. The Morgan fingerprint density at radius 1 is 1.09 bits per heavy atom. The van der Waals surface area contributed by atoms with Crippen LogP contribution in [-0.4, -0.2) is 9.91 Å². The molecular weight excluding hydrogens is 318 g/mol. The van der Waals surface area contributed by atoms with Gasteiger partial charge in [-0.3, -0.25) is 10.1 Å². The normalized spacial score (nSPS) is 10.5. The Morgan fingerprint density at radius 2 is 1.77 bits per heavy atom. The second-order valence-corrected chi connectivity index (χ2v) is 6.78. The van der Waals surface area contributed by atoms with Crippen LogP contribution in [0.1, 0.15) is 0 Å². The lowest BCUT2D eigenvalue weighted by atomic mass is 10.2. The van der Waals surface area contributed by atoms with Crippen molar-refractivity contribution in [3.05, 3.63) is 64.7 Å². The van der Waals surface area contributed by atoms with Crippen LogP contribution in [-0.2, 0) is 0 Å². The lowest BCUT2D eigenvalue weighted by Gasteiger charge is -2.02. The summed E-state index contributed by atoms with van der Waals surface area (Å²) in [4.78, 5) is 15.6. The van der Waals surface area contributed by atoms with Crippen molar-refractivity contribution >= 4 is 33.9 Å². The van der Waals surface area contributed by atoms with E-state index in [1.54, 1.807) is 12.1 Å². The fraction of sp³-hybridized carbons (Fsp3) is 0. The van der Waals surface area contributed by atoms with Crippen molar-refractivity contribution in [3.63, 3.8) is 0 Å². The minimum atomic E-state index is -0.408. The zero-order valence-corrected chi connectivity index (χ0v) is 12.9. The molecule has 0 unspecified atom stereocenters. The lowest BCUT2D eigenvalue weighted by Crippen LogP contribution is -1.86. The van der Waals surface area contributed by atoms with Gasteiger partial charge in [-0.05, 0) is 12.1 Å². The molecule has 0 saturated carbocycles. The molecule has 0 aliphatic rings. The van der Waals surface area contributed by atoms with E-state index in [1.807, 2.05) is 30.3 Å². The molecule has 2 N–H and O–H groups in total. The number of hydrogen-bond acceptors (Lipinski definition) is 6. The van der Waals surface area contributed by atoms with Gasteiger partial charge in [-0.2, -0.15) is 0 Å². The van der Waals surface area contributed by atoms with Gasteiger partial charge in [0.15, 0.2) is 5.13 Å². The molecule has 5 nitrogen and oxygen atoms in total. The fourth-order valence-electron chi connectivity index (χ4n) is 1.91. The van der Waals surface area contributed by atoms with Crippen LogP contribution < -0.4 is 5.73 Å². The Bertz CT molecular complexity index is 801. The second-order valence-electron chi connectivity index (χ2n) is 4.41. The summed E-state index contributed by atoms with van der Waals surface area (Å²) in [5.41, 5.74) is 7.76. The van der Waals surface area contributed by atoms with E-state index in [0.717, 1.165) is 20.4 Å². The minimum absolute atomic E-state index is 0.0800. The minimum Gasteiger partial charge on any atom is -0.375 e. The van der Waals surface area contributed by atoms with Gasteiger partial charge in [0.1, 0.15) is 0 Å². The molecule has 7 heteroatoms. The zero-order valence-electron chi connectivity index (χ0n) is 11.3. The van der Waals surface area contributed by atoms with Gasteiger partial charge in [0.05, 0.1) is 14.8 Å². The van der Waals surface area contributed by atoms with Crippen LogP contribution in [0.4, 0.5) is 10.8 Å². The maximum absolute atomic E-state index is 10.7. The zero-order chi connectivity index (χ0) is 15.5. The summed E-state index contributed by atoms with van der Waals surface area (Å²) in [7, 11) is 0. The summed E-state index contributed by atoms with van der Waals surface area (Å²) in [6, 6.07) is 16.3. The Morgan fingerprint density at radius 3 is 2.41 bits per heavy atom. The monoisotopic (exact) mass is 329 g/mol. The van der Waals surface area contributed by atoms with Gasteiger partial charge in [0, 0.05) is 22.6 Å². The van der Waals surface area contributed by atoms with Crippen LogP contribution in [0.2, 0.25) is 0 Å². The van der Waals surface area contributed by atoms with E-state index < -0.39 is 4.92 Å². The Hall–Kier alpha value is -2.38. The molecule has 0 spiro atoms. The molecule has 0 atom stereocenters. The molecule has 110 valence electrons. The molecule has 3 aromatic rings. The van der Waals surface area contributed by atoms with Crippen LogP contribution >= 0.6 is 23.1 Å². The number of nitrogens with two attached hydrogens (primary N) is 1. The van der Waals surface area contributed by atoms with Gasteiger partial charge in [-0.15, -0.1) is 0 Å². The maximum atomic E-state index is 10.7. The molecule has 0 saturated heterocycles. The highest BCUT2D eigenvalue weighted by Gasteiger charge is 2.13. The number of nitro benzene ring substituents is 1. The van der Waals surface area contributed by atoms with Crippen LogP contribution in [0.3, 0.4) is 0 Å². The van der Waals surface area contributed by atoms with Crippen molar-refractivity contribution < 1.29 is 4.92 Å². The molecule has 0 bridgehead atoms. The molecule has 0 aliphatic carbocycles. The van der Waals surface area contributed by atoms with E-state index in [2.05, 4.69) is 4.98 Å². The van der Waals surface area contributed by atoms with Gasteiger partial charge in [-0.25, -0.2) is 4.98 Å². The van der Waals surface area contributed by atoms with Crippen molar-refractivity contribution in [2.75, 3.05) is 5.73 Å². The highest BCUT2D eigenvalue weighted by molar-refractivity contribution is 8.01. The van der Waals surface area contributed by atoms with Gasteiger partial charge in [0.2, 0.25) is 0 Å². The van der Waals surface area contributed by atoms with E-state index in [1.165, 1.54) is 35.2 Å². The quantitative estimate of drug-likeness (QED) is 0.565. The van der Waals surface area contributed by atoms with Gasteiger partial charge < -0.3 is 5.73 Å². The summed E-state index contributed by atoms with van der Waals surface area (Å²) in [6.45, 7) is 0. The predicted molar refractivity (Wildman–Crippen MR) is 89.2 cm³/mol. The van der Waals surface area contributed by atoms with Gasteiger partial charge in [-0.1, -0.05) is 53.4 Å². The molecule has 0 fully saturated rings. The largest absolute Gasteiger partial charge is 0.375 e. The van der Waals surface area contributed by atoms with Crippen molar-refractivity contribution in [1.29, 1.82) is 0 Å². The molecule has 2 aromatic carbocycles. The number of anilines is 1. The Kier molecular flexibility index (Phi) is 4.08. The van der Waals surface area contributed by atoms with Crippen molar-refractivity contribution in [2.45, 2.75) is 9.10 Å². The molecular formula is C15H11N3O2S2. The summed E-state index contributed by atoms with van der Waals surface area (Å²) >= 11 is 2.91. The number of nitro groups is 1. The molecule has 0 radical (unpaired) electrons. The van der Waals surface area contributed by atoms with Crippen molar-refractivity contribution in [3.8, 4) is 11.3 Å². The second kappa shape index (κ2) is 6.17. The van der Waals surface area contributed by atoms with E-state index in [0.29, 0.717) is 5.13 Å². The Balaban J connectivity index is 1.91. The lowest BCUT2D eigenvalue weighted by molar-refractivity contribution is -0.384. The number of rotatable bonds is 4. The Labute approximate surface area is 135 Å². The van der Waals surface area contributed by atoms with Gasteiger partial charge >= 0.3 is 0 Å². The van der Waals surface area contributed by atoms with Crippen LogP contribution in [0.5, 0.6) is 0 Å². The number of nitrogens with zero attached hydrogens (tertiary/aromatic N) is 2. The van der Waals surface area contributed by atoms with Gasteiger partial charge in [0.25, 0.3) is 5.69 Å². The first-order valence-electron chi connectivity index (χ1n) is 6.37. The topological polar surface area (TPSA) is 82.0 Å². The molecule has 22 heavy (non-hydrogen) atoms. The molecule has 0 amide bonds. The summed E-state index contributed by atoms with van der Waals surface area (Å²) in [5.74, 6) is 0. The van der Waals surface area contributed by atoms with Crippen LogP contribution in [0.25, 0.3) is 11.3 Å². The first kappa shape index (κ1) is 14.6. The average Bonchev–Trinajstić information content (AvgIpc) is 2.89. The number of nitrogen functional groups attached to an aromatic ring is 1. The standard InChI is InChI=1S/C15H11N3O2S2/c16-15-17-13(10-4-2-1-3-5-10)14(22-15)21-12-8-6-11(7-9-12)18(19)20/h1-9H,(H2,16,17).